The van der Waals surface area contributed by atoms with Crippen molar-refractivity contribution in [1.82, 2.24) is 15.5 Å². The first-order valence-corrected chi connectivity index (χ1v) is 10.1. The van der Waals surface area contributed by atoms with Crippen LogP contribution < -0.4 is 16.0 Å². The molecule has 158 valence electrons. The van der Waals surface area contributed by atoms with Crippen LogP contribution in [-0.2, 0) is 11.3 Å². The molecule has 0 aliphatic carbocycles. The Kier molecular flexibility index (Phi) is 9.43. The van der Waals surface area contributed by atoms with Crippen molar-refractivity contribution in [2.24, 2.45) is 4.99 Å². The average Bonchev–Trinajstić information content (AvgIpc) is 2.76. The second-order valence-electron chi connectivity index (χ2n) is 7.16. The molecular weight excluding hydrogens is 374 g/mol. The van der Waals surface area contributed by atoms with E-state index < -0.39 is 0 Å². The van der Waals surface area contributed by atoms with Gasteiger partial charge < -0.3 is 16.0 Å². The van der Waals surface area contributed by atoms with Crippen molar-refractivity contribution in [2.75, 3.05) is 32.5 Å². The zero-order valence-electron chi connectivity index (χ0n) is 18.0. The van der Waals surface area contributed by atoms with Crippen molar-refractivity contribution < 1.29 is 4.79 Å². The van der Waals surface area contributed by atoms with Crippen LogP contribution in [0.5, 0.6) is 0 Å². The van der Waals surface area contributed by atoms with Crippen LogP contribution in [0.1, 0.15) is 24.5 Å². The number of terminal acetylenes is 1. The summed E-state index contributed by atoms with van der Waals surface area (Å²) < 4.78 is 0. The Hall–Kier alpha value is -3.30. The van der Waals surface area contributed by atoms with E-state index in [9.17, 15) is 4.79 Å². The van der Waals surface area contributed by atoms with Crippen LogP contribution >= 0.6 is 0 Å². The lowest BCUT2D eigenvalue weighted by Gasteiger charge is -2.25. The monoisotopic (exact) mass is 405 g/mol. The molecule has 0 fully saturated rings. The molecule has 2 aromatic rings. The highest BCUT2D eigenvalue weighted by Gasteiger charge is 2.10. The lowest BCUT2D eigenvalue weighted by atomic mass is 10.1. The second-order valence-corrected chi connectivity index (χ2v) is 7.16. The number of hydrogen-bond acceptors (Lipinski definition) is 3. The quantitative estimate of drug-likeness (QED) is 0.341. The SMILES string of the molecule is C#Cc1cccc(NC(=O)CNC(=NC)NCCC(C)N(C)Cc2ccccc2)c1. The van der Waals surface area contributed by atoms with Gasteiger partial charge in [-0.25, -0.2) is 0 Å². The van der Waals surface area contributed by atoms with E-state index >= 15 is 0 Å². The highest BCUT2D eigenvalue weighted by atomic mass is 16.1. The number of carbonyl (C=O) groups is 1. The van der Waals surface area contributed by atoms with Crippen molar-refractivity contribution in [2.45, 2.75) is 25.9 Å². The summed E-state index contributed by atoms with van der Waals surface area (Å²) in [7, 11) is 3.82. The van der Waals surface area contributed by atoms with Crippen LogP contribution in [0.25, 0.3) is 0 Å². The topological polar surface area (TPSA) is 68.8 Å². The van der Waals surface area contributed by atoms with Gasteiger partial charge in [-0.1, -0.05) is 42.3 Å². The third-order valence-electron chi connectivity index (χ3n) is 4.83. The Morgan fingerprint density at radius 2 is 1.93 bits per heavy atom. The summed E-state index contributed by atoms with van der Waals surface area (Å²) in [5.74, 6) is 2.99. The van der Waals surface area contributed by atoms with Crippen LogP contribution in [0, 0.1) is 12.3 Å². The van der Waals surface area contributed by atoms with Crippen molar-refractivity contribution >= 4 is 17.6 Å². The zero-order chi connectivity index (χ0) is 21.8. The molecule has 0 aliphatic rings. The summed E-state index contributed by atoms with van der Waals surface area (Å²) in [6.45, 7) is 3.99. The molecule has 30 heavy (non-hydrogen) atoms. The van der Waals surface area contributed by atoms with Gasteiger partial charge in [-0.2, -0.15) is 0 Å². The molecule has 0 radical (unpaired) electrons. The Bertz CT molecular complexity index is 873. The van der Waals surface area contributed by atoms with E-state index in [0.29, 0.717) is 17.7 Å². The van der Waals surface area contributed by atoms with Gasteiger partial charge in [0, 0.05) is 37.4 Å². The molecule has 3 N–H and O–H groups in total. The van der Waals surface area contributed by atoms with Crippen molar-refractivity contribution in [3.8, 4) is 12.3 Å². The number of nitrogens with zero attached hydrogens (tertiary/aromatic N) is 2. The molecule has 2 rings (SSSR count). The summed E-state index contributed by atoms with van der Waals surface area (Å²) in [4.78, 5) is 18.7. The van der Waals surface area contributed by atoms with E-state index in [-0.39, 0.29) is 12.5 Å². The maximum absolute atomic E-state index is 12.2. The number of aliphatic imine (C=N–C) groups is 1. The van der Waals surface area contributed by atoms with E-state index in [1.54, 1.807) is 19.2 Å². The molecule has 0 saturated heterocycles. The fraction of sp³-hybridized carbons (Fsp3) is 0.333. The molecule has 1 atom stereocenters. The molecule has 0 bridgehead atoms. The molecule has 6 nitrogen and oxygen atoms in total. The first-order chi connectivity index (χ1) is 14.5. The first-order valence-electron chi connectivity index (χ1n) is 10.1. The van der Waals surface area contributed by atoms with Gasteiger partial charge in [-0.3, -0.25) is 14.7 Å². The van der Waals surface area contributed by atoms with Gasteiger partial charge in [0.2, 0.25) is 5.91 Å². The van der Waals surface area contributed by atoms with Gasteiger partial charge in [-0.15, -0.1) is 6.42 Å². The zero-order valence-corrected chi connectivity index (χ0v) is 18.0. The molecule has 2 aromatic carbocycles. The lowest BCUT2D eigenvalue weighted by molar-refractivity contribution is -0.115. The number of benzene rings is 2. The molecular formula is C24H31N5O. The van der Waals surface area contributed by atoms with Crippen LogP contribution in [0.2, 0.25) is 0 Å². The van der Waals surface area contributed by atoms with E-state index in [0.717, 1.165) is 25.1 Å². The van der Waals surface area contributed by atoms with E-state index in [1.165, 1.54) is 5.56 Å². The van der Waals surface area contributed by atoms with E-state index in [2.05, 4.69) is 70.0 Å². The number of guanidine groups is 1. The molecule has 0 saturated carbocycles. The molecule has 0 aromatic heterocycles. The first kappa shape index (κ1) is 23.0. The Balaban J connectivity index is 1.70. The Morgan fingerprint density at radius 1 is 1.17 bits per heavy atom. The highest BCUT2D eigenvalue weighted by Crippen LogP contribution is 2.09. The minimum atomic E-state index is -0.164. The van der Waals surface area contributed by atoms with Gasteiger partial charge >= 0.3 is 0 Å². The maximum atomic E-state index is 12.2. The molecule has 6 heteroatoms. The summed E-state index contributed by atoms with van der Waals surface area (Å²) in [5.41, 5.74) is 2.70. The number of hydrogen-bond donors (Lipinski definition) is 3. The van der Waals surface area contributed by atoms with Crippen LogP contribution in [0.3, 0.4) is 0 Å². The van der Waals surface area contributed by atoms with Gasteiger partial charge in [0.15, 0.2) is 5.96 Å². The van der Waals surface area contributed by atoms with Gasteiger partial charge in [0.25, 0.3) is 0 Å². The molecule has 0 spiro atoms. The standard InChI is InChI=1S/C24H31N5O/c1-5-20-12-9-13-22(16-20)28-23(30)17-27-24(25-3)26-15-14-19(2)29(4)18-21-10-7-6-8-11-21/h1,6-13,16,19H,14-15,17-18H2,2-4H3,(H,28,30)(H2,25,26,27). The third-order valence-corrected chi connectivity index (χ3v) is 4.83. The molecule has 0 aliphatic heterocycles. The van der Waals surface area contributed by atoms with Crippen molar-refractivity contribution in [1.29, 1.82) is 0 Å². The number of nitrogens with one attached hydrogen (secondary N) is 3. The largest absolute Gasteiger partial charge is 0.356 e. The van der Waals surface area contributed by atoms with Crippen LogP contribution in [0.15, 0.2) is 59.6 Å². The minimum absolute atomic E-state index is 0.115. The number of anilines is 1. The van der Waals surface area contributed by atoms with E-state index in [4.69, 9.17) is 6.42 Å². The summed E-state index contributed by atoms with van der Waals surface area (Å²) in [5, 5.41) is 9.12. The predicted molar refractivity (Wildman–Crippen MR) is 124 cm³/mol. The fourth-order valence-electron chi connectivity index (χ4n) is 2.92. The second kappa shape index (κ2) is 12.3. The lowest BCUT2D eigenvalue weighted by Crippen LogP contribution is -2.43. The van der Waals surface area contributed by atoms with Crippen LogP contribution in [-0.4, -0.2) is 50.0 Å². The highest BCUT2D eigenvalue weighted by molar-refractivity contribution is 5.95. The molecule has 0 heterocycles. The third kappa shape index (κ3) is 7.98. The van der Waals surface area contributed by atoms with Gasteiger partial charge in [0.1, 0.15) is 0 Å². The van der Waals surface area contributed by atoms with Crippen LogP contribution in [0.4, 0.5) is 5.69 Å². The number of amides is 1. The predicted octanol–water partition coefficient (Wildman–Crippen LogP) is 2.68. The smallest absolute Gasteiger partial charge is 0.243 e. The van der Waals surface area contributed by atoms with Gasteiger partial charge in [-0.05, 0) is 44.2 Å². The van der Waals surface area contributed by atoms with Crippen molar-refractivity contribution in [3.05, 3.63) is 65.7 Å². The molecule has 1 unspecified atom stereocenters. The summed E-state index contributed by atoms with van der Waals surface area (Å²) in [6, 6.07) is 18.0. The Labute approximate surface area is 179 Å². The average molecular weight is 406 g/mol. The number of carbonyl (C=O) groups excluding carboxylic acids is 1. The van der Waals surface area contributed by atoms with Crippen molar-refractivity contribution in [3.63, 3.8) is 0 Å². The Morgan fingerprint density at radius 3 is 2.63 bits per heavy atom. The van der Waals surface area contributed by atoms with Gasteiger partial charge in [0.05, 0.1) is 6.54 Å². The maximum Gasteiger partial charge on any atom is 0.243 e. The minimum Gasteiger partial charge on any atom is -0.356 e. The normalized spacial score (nSPS) is 12.2. The fourth-order valence-corrected chi connectivity index (χ4v) is 2.92. The molecule has 1 amide bonds. The summed E-state index contributed by atoms with van der Waals surface area (Å²) >= 11 is 0. The van der Waals surface area contributed by atoms with E-state index in [1.807, 2.05) is 18.2 Å². The summed E-state index contributed by atoms with van der Waals surface area (Å²) in [6.07, 6.45) is 6.34. The number of rotatable bonds is 9.